The van der Waals surface area contributed by atoms with Crippen LogP contribution in [0.5, 0.6) is 0 Å². The van der Waals surface area contributed by atoms with E-state index in [1.807, 2.05) is 18.2 Å². The Morgan fingerprint density at radius 1 is 1.16 bits per heavy atom. The highest BCUT2D eigenvalue weighted by Gasteiger charge is 2.36. The van der Waals surface area contributed by atoms with Crippen molar-refractivity contribution in [1.29, 1.82) is 0 Å². The molecule has 31 heavy (non-hydrogen) atoms. The van der Waals surface area contributed by atoms with E-state index < -0.39 is 6.03 Å². The molecule has 0 bridgehead atoms. The minimum atomic E-state index is -0.406. The third-order valence-electron chi connectivity index (χ3n) is 6.25. The van der Waals surface area contributed by atoms with Crippen LogP contribution < -0.4 is 10.2 Å². The fourth-order valence-corrected chi connectivity index (χ4v) is 4.98. The van der Waals surface area contributed by atoms with Crippen LogP contribution in [-0.4, -0.2) is 28.9 Å². The molecule has 1 N–H and O–H groups in total. The van der Waals surface area contributed by atoms with E-state index in [0.29, 0.717) is 16.6 Å². The topological polar surface area (TPSA) is 52.7 Å². The van der Waals surface area contributed by atoms with Gasteiger partial charge in [0.05, 0.1) is 6.54 Å². The van der Waals surface area contributed by atoms with Crippen molar-refractivity contribution in [2.75, 3.05) is 11.4 Å². The molecule has 1 unspecified atom stereocenters. The fourth-order valence-electron chi connectivity index (χ4n) is 4.85. The molecular weight excluding hydrogens is 410 g/mol. The third kappa shape index (κ3) is 4.07. The lowest BCUT2D eigenvalue weighted by Crippen LogP contribution is -2.48. The van der Waals surface area contributed by atoms with Gasteiger partial charge in [-0.25, -0.2) is 4.79 Å². The largest absolute Gasteiger partial charge is 0.366 e. The second-order valence-corrected chi connectivity index (χ2v) is 9.42. The van der Waals surface area contributed by atoms with Gasteiger partial charge in [0.2, 0.25) is 0 Å². The first-order valence-electron chi connectivity index (χ1n) is 10.7. The highest BCUT2D eigenvalue weighted by Crippen LogP contribution is 2.43. The average Bonchev–Trinajstić information content (AvgIpc) is 2.97. The highest BCUT2D eigenvalue weighted by molar-refractivity contribution is 6.30. The summed E-state index contributed by atoms with van der Waals surface area (Å²) in [6, 6.07) is 13.0. The quantitative estimate of drug-likeness (QED) is 0.504. The zero-order valence-electron chi connectivity index (χ0n) is 18.4. The number of nitrogens with one attached hydrogen (secondary N) is 1. The van der Waals surface area contributed by atoms with E-state index in [4.69, 9.17) is 11.6 Å². The van der Waals surface area contributed by atoms with Crippen LogP contribution in [-0.2, 0) is 11.3 Å². The fraction of sp³-hybridized carbons (Fsp3) is 0.360. The smallest absolute Gasteiger partial charge is 0.329 e. The maximum Gasteiger partial charge on any atom is 0.329 e. The van der Waals surface area contributed by atoms with Gasteiger partial charge >= 0.3 is 6.03 Å². The number of urea groups is 1. The molecule has 2 aromatic carbocycles. The molecule has 2 aliphatic rings. The monoisotopic (exact) mass is 437 g/mol. The second kappa shape index (κ2) is 8.04. The van der Waals surface area contributed by atoms with Crippen LogP contribution in [0.4, 0.5) is 10.5 Å². The zero-order chi connectivity index (χ0) is 22.3. The first-order chi connectivity index (χ1) is 14.7. The average molecular weight is 438 g/mol. The van der Waals surface area contributed by atoms with Crippen molar-refractivity contribution in [3.8, 4) is 0 Å². The maximum atomic E-state index is 12.9. The number of nitrogens with zero attached hydrogens (tertiary/aromatic N) is 2. The molecule has 162 valence electrons. The van der Waals surface area contributed by atoms with E-state index in [1.54, 1.807) is 18.2 Å². The first-order valence-corrected chi connectivity index (χ1v) is 11.1. The van der Waals surface area contributed by atoms with E-state index in [-0.39, 0.29) is 18.0 Å². The summed E-state index contributed by atoms with van der Waals surface area (Å²) in [5.74, 6) is 0.100. The molecule has 6 heteroatoms. The summed E-state index contributed by atoms with van der Waals surface area (Å²) in [7, 11) is 0. The van der Waals surface area contributed by atoms with Gasteiger partial charge in [0.15, 0.2) is 0 Å². The van der Waals surface area contributed by atoms with Crippen LogP contribution in [0.1, 0.15) is 56.7 Å². The lowest BCUT2D eigenvalue weighted by atomic mass is 9.79. The standard InChI is InChI=1S/C25H28ClN3O2/c1-5-29-22-11-8-18(12-20(22)16(2)14-25(29,3)4)13-21-23(30)28(24(31)27-21)15-17-6-9-19(26)10-7-17/h6-13,16H,5,14-15H2,1-4H3,(H,27,31)/b21-13+. The van der Waals surface area contributed by atoms with Crippen LogP contribution in [0.25, 0.3) is 6.08 Å². The van der Waals surface area contributed by atoms with Gasteiger partial charge in [-0.2, -0.15) is 0 Å². The molecule has 5 nitrogen and oxygen atoms in total. The van der Waals surface area contributed by atoms with Crippen LogP contribution in [0, 0.1) is 0 Å². The summed E-state index contributed by atoms with van der Waals surface area (Å²) in [5.41, 5.74) is 4.70. The number of amides is 3. The first kappa shape index (κ1) is 21.4. The van der Waals surface area contributed by atoms with Crippen molar-refractivity contribution in [3.05, 3.63) is 69.9 Å². The summed E-state index contributed by atoms with van der Waals surface area (Å²) in [4.78, 5) is 28.9. The molecule has 3 amide bonds. The van der Waals surface area contributed by atoms with Crippen molar-refractivity contribution in [1.82, 2.24) is 10.2 Å². The van der Waals surface area contributed by atoms with Gasteiger partial charge < -0.3 is 10.2 Å². The molecule has 2 aromatic rings. The minimum Gasteiger partial charge on any atom is -0.366 e. The number of halogens is 1. The Morgan fingerprint density at radius 2 is 1.87 bits per heavy atom. The van der Waals surface area contributed by atoms with Gasteiger partial charge in [-0.15, -0.1) is 0 Å². The van der Waals surface area contributed by atoms with E-state index in [9.17, 15) is 9.59 Å². The molecule has 1 saturated heterocycles. The van der Waals surface area contributed by atoms with E-state index in [2.05, 4.69) is 50.0 Å². The van der Waals surface area contributed by atoms with Crippen molar-refractivity contribution in [3.63, 3.8) is 0 Å². The number of fused-ring (bicyclic) bond motifs is 1. The van der Waals surface area contributed by atoms with Gasteiger partial charge in [0, 0.05) is 22.8 Å². The maximum absolute atomic E-state index is 12.9. The summed E-state index contributed by atoms with van der Waals surface area (Å²) >= 11 is 5.92. The molecule has 0 aromatic heterocycles. The van der Waals surface area contributed by atoms with Crippen LogP contribution >= 0.6 is 11.6 Å². The zero-order valence-corrected chi connectivity index (χ0v) is 19.2. The molecule has 4 rings (SSSR count). The predicted molar refractivity (Wildman–Crippen MR) is 125 cm³/mol. The molecule has 1 atom stereocenters. The summed E-state index contributed by atoms with van der Waals surface area (Å²) in [6.07, 6.45) is 2.84. The molecule has 0 spiro atoms. The van der Waals surface area contributed by atoms with E-state index in [0.717, 1.165) is 24.1 Å². The lowest BCUT2D eigenvalue weighted by Gasteiger charge is -2.47. The minimum absolute atomic E-state index is 0.110. The van der Waals surface area contributed by atoms with Gasteiger partial charge in [-0.05, 0) is 80.1 Å². The normalized spacial score (nSPS) is 21.5. The number of hydrogen-bond acceptors (Lipinski definition) is 3. The number of benzene rings is 2. The van der Waals surface area contributed by atoms with Crippen molar-refractivity contribution >= 4 is 35.3 Å². The number of rotatable bonds is 4. The molecule has 1 fully saturated rings. The van der Waals surface area contributed by atoms with Crippen LogP contribution in [0.2, 0.25) is 5.02 Å². The van der Waals surface area contributed by atoms with Gasteiger partial charge in [-0.1, -0.05) is 36.7 Å². The number of imide groups is 1. The number of anilines is 1. The lowest BCUT2D eigenvalue weighted by molar-refractivity contribution is -0.123. The summed E-state index contributed by atoms with van der Waals surface area (Å²) in [5, 5.41) is 3.34. The molecule has 0 radical (unpaired) electrons. The summed E-state index contributed by atoms with van der Waals surface area (Å²) in [6.45, 7) is 10.2. The van der Waals surface area contributed by atoms with Crippen molar-refractivity contribution in [2.45, 2.75) is 52.1 Å². The van der Waals surface area contributed by atoms with Crippen LogP contribution in [0.3, 0.4) is 0 Å². The molecule has 2 aliphatic heterocycles. The second-order valence-electron chi connectivity index (χ2n) is 8.99. The number of hydrogen-bond donors (Lipinski definition) is 1. The Hall–Kier alpha value is -2.79. The Balaban J connectivity index is 1.59. The molecule has 2 heterocycles. The molecular formula is C25H28ClN3O2. The predicted octanol–water partition coefficient (Wildman–Crippen LogP) is 5.55. The van der Waals surface area contributed by atoms with Crippen LogP contribution in [0.15, 0.2) is 48.2 Å². The highest BCUT2D eigenvalue weighted by atomic mass is 35.5. The SMILES string of the molecule is CCN1c2ccc(/C=C3/NC(=O)N(Cc4ccc(Cl)cc4)C3=O)cc2C(C)CC1(C)C. The third-order valence-corrected chi connectivity index (χ3v) is 6.51. The van der Waals surface area contributed by atoms with Crippen molar-refractivity contribution < 1.29 is 9.59 Å². The summed E-state index contributed by atoms with van der Waals surface area (Å²) < 4.78 is 0. The van der Waals surface area contributed by atoms with Crippen molar-refractivity contribution in [2.24, 2.45) is 0 Å². The number of carbonyl (C=O) groups excluding carboxylic acids is 2. The Bertz CT molecular complexity index is 1060. The van der Waals surface area contributed by atoms with Gasteiger partial charge in [0.1, 0.15) is 5.70 Å². The Kier molecular flexibility index (Phi) is 5.56. The van der Waals surface area contributed by atoms with Gasteiger partial charge in [0.25, 0.3) is 5.91 Å². The van der Waals surface area contributed by atoms with E-state index >= 15 is 0 Å². The molecule has 0 aliphatic carbocycles. The van der Waals surface area contributed by atoms with Gasteiger partial charge in [-0.3, -0.25) is 9.69 Å². The number of carbonyl (C=O) groups is 2. The Labute approximate surface area is 188 Å². The Morgan fingerprint density at radius 3 is 2.55 bits per heavy atom. The molecule has 0 saturated carbocycles. The van der Waals surface area contributed by atoms with E-state index in [1.165, 1.54) is 16.2 Å².